The van der Waals surface area contributed by atoms with Crippen LogP contribution in [0.1, 0.15) is 39.7 Å². The molecule has 0 spiro atoms. The van der Waals surface area contributed by atoms with Crippen molar-refractivity contribution in [3.63, 3.8) is 0 Å². The average molecular weight is 339 g/mol. The zero-order chi connectivity index (χ0) is 19.0. The molecule has 1 aromatic rings. The normalized spacial score (nSPS) is 10.2. The Morgan fingerprint density at radius 3 is 2.00 bits per heavy atom. The van der Waals surface area contributed by atoms with Crippen molar-refractivity contribution < 1.29 is 14.7 Å². The third-order valence-corrected chi connectivity index (χ3v) is 2.92. The van der Waals surface area contributed by atoms with E-state index in [0.717, 1.165) is 11.3 Å². The molecule has 0 aliphatic carbocycles. The maximum atomic E-state index is 11.6. The van der Waals surface area contributed by atoms with Crippen molar-refractivity contribution in [3.05, 3.63) is 29.8 Å². The number of amides is 1. The van der Waals surface area contributed by atoms with Gasteiger partial charge in [0.25, 0.3) is 0 Å². The molecule has 6 heteroatoms. The first-order valence-electron chi connectivity index (χ1n) is 8.50. The molecule has 0 heterocycles. The maximum absolute atomic E-state index is 11.6. The molecule has 1 aromatic carbocycles. The van der Waals surface area contributed by atoms with E-state index < -0.39 is 12.0 Å². The van der Waals surface area contributed by atoms with Gasteiger partial charge in [-0.25, -0.2) is 4.79 Å². The van der Waals surface area contributed by atoms with Crippen molar-refractivity contribution in [2.24, 2.45) is 0 Å². The number of carboxylic acid groups (broad SMARTS) is 1. The summed E-state index contributed by atoms with van der Waals surface area (Å²) >= 11 is 0. The van der Waals surface area contributed by atoms with Gasteiger partial charge in [0.1, 0.15) is 6.04 Å². The molecular formula is C18H33N3O3. The summed E-state index contributed by atoms with van der Waals surface area (Å²) in [6.45, 7) is 8.52. The number of nitrogens with one attached hydrogen (secondary N) is 3. The number of carbonyl (C=O) groups is 2. The van der Waals surface area contributed by atoms with Gasteiger partial charge in [-0.1, -0.05) is 39.8 Å². The van der Waals surface area contributed by atoms with E-state index in [4.69, 9.17) is 5.11 Å². The topological polar surface area (TPSA) is 90.5 Å². The number of rotatable bonds is 8. The third-order valence-electron chi connectivity index (χ3n) is 2.92. The van der Waals surface area contributed by atoms with Crippen LogP contribution in [-0.4, -0.2) is 43.7 Å². The second-order valence-electron chi connectivity index (χ2n) is 4.46. The summed E-state index contributed by atoms with van der Waals surface area (Å²) in [6, 6.07) is 6.54. The Morgan fingerprint density at radius 2 is 1.58 bits per heavy atom. The van der Waals surface area contributed by atoms with Crippen LogP contribution in [0.2, 0.25) is 0 Å². The molecule has 0 aliphatic heterocycles. The fraction of sp³-hybridized carbons (Fsp3) is 0.556. The fourth-order valence-corrected chi connectivity index (χ4v) is 1.75. The molecule has 138 valence electrons. The van der Waals surface area contributed by atoms with Gasteiger partial charge in [-0.2, -0.15) is 0 Å². The van der Waals surface area contributed by atoms with E-state index in [9.17, 15) is 9.59 Å². The number of benzene rings is 1. The largest absolute Gasteiger partial charge is 0.480 e. The summed E-state index contributed by atoms with van der Waals surface area (Å²) < 4.78 is 0. The number of carbonyl (C=O) groups excluding carboxylic acids is 1. The number of hydrogen-bond acceptors (Lipinski definition) is 4. The monoisotopic (exact) mass is 339 g/mol. The first kappa shape index (κ1) is 24.2. The molecule has 1 atom stereocenters. The molecule has 1 amide bonds. The number of aliphatic carboxylic acids is 1. The van der Waals surface area contributed by atoms with Crippen molar-refractivity contribution in [1.82, 2.24) is 10.6 Å². The zero-order valence-corrected chi connectivity index (χ0v) is 15.8. The van der Waals surface area contributed by atoms with Crippen molar-refractivity contribution in [2.75, 3.05) is 26.0 Å². The smallest absolute Gasteiger partial charge is 0.326 e. The van der Waals surface area contributed by atoms with Crippen LogP contribution >= 0.6 is 0 Å². The lowest BCUT2D eigenvalue weighted by molar-refractivity contribution is -0.141. The highest BCUT2D eigenvalue weighted by Gasteiger charge is 2.19. The van der Waals surface area contributed by atoms with Gasteiger partial charge in [-0.15, -0.1) is 0 Å². The Morgan fingerprint density at radius 1 is 1.04 bits per heavy atom. The Labute approximate surface area is 146 Å². The molecule has 0 aliphatic rings. The Balaban J connectivity index is 0. The quantitative estimate of drug-likeness (QED) is 0.584. The molecule has 6 nitrogen and oxygen atoms in total. The van der Waals surface area contributed by atoms with Gasteiger partial charge in [0, 0.05) is 32.1 Å². The highest BCUT2D eigenvalue weighted by molar-refractivity contribution is 5.83. The van der Waals surface area contributed by atoms with Crippen LogP contribution in [-0.2, 0) is 16.0 Å². The molecule has 0 radical (unpaired) electrons. The summed E-state index contributed by atoms with van der Waals surface area (Å²) in [4.78, 5) is 22.8. The molecule has 0 saturated heterocycles. The molecule has 0 bridgehead atoms. The fourth-order valence-electron chi connectivity index (χ4n) is 1.75. The van der Waals surface area contributed by atoms with E-state index in [2.05, 4.69) is 16.0 Å². The summed E-state index contributed by atoms with van der Waals surface area (Å²) in [5, 5.41) is 17.5. The number of carboxylic acids is 1. The SMILES string of the molecule is CC.CC.CNCCC(=O)N[C@@H](Cc1ccc(NC)cc1)C(=O)O. The number of anilines is 1. The van der Waals surface area contributed by atoms with Crippen molar-refractivity contribution >= 4 is 17.6 Å². The lowest BCUT2D eigenvalue weighted by Gasteiger charge is -2.15. The van der Waals surface area contributed by atoms with Crippen molar-refractivity contribution in [3.8, 4) is 0 Å². The molecule has 0 saturated carbocycles. The predicted octanol–water partition coefficient (Wildman–Crippen LogP) is 2.50. The summed E-state index contributed by atoms with van der Waals surface area (Å²) in [7, 11) is 3.56. The first-order valence-corrected chi connectivity index (χ1v) is 8.50. The van der Waals surface area contributed by atoms with E-state index in [1.165, 1.54) is 0 Å². The Bertz CT molecular complexity index is 447. The summed E-state index contributed by atoms with van der Waals surface area (Å²) in [5.74, 6) is -1.29. The van der Waals surface area contributed by atoms with Crippen LogP contribution in [0.3, 0.4) is 0 Å². The van der Waals surface area contributed by atoms with Gasteiger partial charge in [0.15, 0.2) is 0 Å². The number of hydrogen-bond donors (Lipinski definition) is 4. The van der Waals surface area contributed by atoms with E-state index in [1.807, 2.05) is 59.0 Å². The van der Waals surface area contributed by atoms with Gasteiger partial charge in [0.2, 0.25) is 5.91 Å². The molecule has 24 heavy (non-hydrogen) atoms. The summed E-state index contributed by atoms with van der Waals surface area (Å²) in [5.41, 5.74) is 1.82. The van der Waals surface area contributed by atoms with Gasteiger partial charge >= 0.3 is 5.97 Å². The van der Waals surface area contributed by atoms with Crippen LogP contribution in [0.25, 0.3) is 0 Å². The second kappa shape index (κ2) is 15.8. The van der Waals surface area contributed by atoms with Crippen molar-refractivity contribution in [1.29, 1.82) is 0 Å². The van der Waals surface area contributed by atoms with Gasteiger partial charge < -0.3 is 21.1 Å². The van der Waals surface area contributed by atoms with Crippen LogP contribution in [0.15, 0.2) is 24.3 Å². The standard InChI is InChI=1S/C14H21N3O3.2C2H6/c1-15-8-7-13(18)17-12(14(19)20)9-10-3-5-11(16-2)6-4-10;2*1-2/h3-6,12,15-16H,7-9H2,1-2H3,(H,17,18)(H,19,20);2*1-2H3/t12-;;/m0../s1. The van der Waals surface area contributed by atoms with Crippen LogP contribution in [0, 0.1) is 0 Å². The van der Waals surface area contributed by atoms with Crippen LogP contribution in [0.5, 0.6) is 0 Å². The maximum Gasteiger partial charge on any atom is 0.326 e. The molecular weight excluding hydrogens is 306 g/mol. The second-order valence-corrected chi connectivity index (χ2v) is 4.46. The molecule has 0 aromatic heterocycles. The van der Waals surface area contributed by atoms with E-state index in [1.54, 1.807) is 7.05 Å². The van der Waals surface area contributed by atoms with E-state index in [0.29, 0.717) is 6.54 Å². The van der Waals surface area contributed by atoms with Gasteiger partial charge in [-0.3, -0.25) is 4.79 Å². The Hall–Kier alpha value is -2.08. The summed E-state index contributed by atoms with van der Waals surface area (Å²) in [6.07, 6.45) is 0.531. The first-order chi connectivity index (χ1) is 11.6. The lowest BCUT2D eigenvalue weighted by Crippen LogP contribution is -2.43. The average Bonchev–Trinajstić information content (AvgIpc) is 2.63. The minimum absolute atomic E-state index is 0.263. The Kier molecular flexibility index (Phi) is 15.9. The van der Waals surface area contributed by atoms with Crippen molar-refractivity contribution in [2.45, 2.75) is 46.6 Å². The van der Waals surface area contributed by atoms with Gasteiger partial charge in [0.05, 0.1) is 0 Å². The minimum Gasteiger partial charge on any atom is -0.480 e. The molecule has 1 rings (SSSR count). The van der Waals surface area contributed by atoms with E-state index in [-0.39, 0.29) is 18.7 Å². The molecule has 0 fully saturated rings. The highest BCUT2D eigenvalue weighted by atomic mass is 16.4. The van der Waals surface area contributed by atoms with E-state index >= 15 is 0 Å². The highest BCUT2D eigenvalue weighted by Crippen LogP contribution is 2.10. The third kappa shape index (κ3) is 10.6. The van der Waals surface area contributed by atoms with Crippen LogP contribution < -0.4 is 16.0 Å². The molecule has 0 unspecified atom stereocenters. The minimum atomic E-state index is -1.03. The van der Waals surface area contributed by atoms with Crippen LogP contribution in [0.4, 0.5) is 5.69 Å². The van der Waals surface area contributed by atoms with Gasteiger partial charge in [-0.05, 0) is 24.7 Å². The predicted molar refractivity (Wildman–Crippen MR) is 100 cm³/mol. The zero-order valence-electron chi connectivity index (χ0n) is 15.8. The lowest BCUT2D eigenvalue weighted by atomic mass is 10.1. The molecule has 4 N–H and O–H groups in total.